The lowest BCUT2D eigenvalue weighted by Gasteiger charge is -2.13. The average Bonchev–Trinajstić information content (AvgIpc) is 2.53. The molecule has 116 valence electrons. The van der Waals surface area contributed by atoms with Crippen molar-refractivity contribution < 1.29 is 9.59 Å². The van der Waals surface area contributed by atoms with Crippen molar-refractivity contribution in [1.29, 1.82) is 5.26 Å². The van der Waals surface area contributed by atoms with Crippen LogP contribution >= 0.6 is 11.6 Å². The third kappa shape index (κ3) is 3.58. The van der Waals surface area contributed by atoms with Crippen LogP contribution in [0.25, 0.3) is 0 Å². The predicted molar refractivity (Wildman–Crippen MR) is 89.4 cm³/mol. The summed E-state index contributed by atoms with van der Waals surface area (Å²) in [5.41, 5.74) is 2.61. The summed E-state index contributed by atoms with van der Waals surface area (Å²) < 4.78 is 0. The van der Waals surface area contributed by atoms with Gasteiger partial charge in [-0.3, -0.25) is 9.59 Å². The number of nitriles is 1. The van der Waals surface area contributed by atoms with Crippen LogP contribution in [0.2, 0.25) is 5.02 Å². The van der Waals surface area contributed by atoms with E-state index in [1.807, 2.05) is 38.1 Å². The molecule has 0 heterocycles. The zero-order valence-electron chi connectivity index (χ0n) is 12.8. The van der Waals surface area contributed by atoms with E-state index in [0.29, 0.717) is 11.3 Å². The van der Waals surface area contributed by atoms with Gasteiger partial charge in [-0.2, -0.15) is 5.26 Å². The minimum absolute atomic E-state index is 0.285. The van der Waals surface area contributed by atoms with Gasteiger partial charge < -0.3 is 5.32 Å². The van der Waals surface area contributed by atoms with Crippen molar-refractivity contribution in [3.63, 3.8) is 0 Å². The van der Waals surface area contributed by atoms with Crippen LogP contribution in [-0.4, -0.2) is 11.7 Å². The molecule has 0 saturated carbocycles. The summed E-state index contributed by atoms with van der Waals surface area (Å²) >= 11 is 6.02. The first-order valence-electron chi connectivity index (χ1n) is 7.01. The van der Waals surface area contributed by atoms with Gasteiger partial charge in [0.15, 0.2) is 0 Å². The van der Waals surface area contributed by atoms with Crippen LogP contribution in [0.5, 0.6) is 0 Å². The second-order valence-electron chi connectivity index (χ2n) is 5.17. The minimum Gasteiger partial charge on any atom is -0.319 e. The van der Waals surface area contributed by atoms with Crippen molar-refractivity contribution in [2.24, 2.45) is 0 Å². The molecule has 0 aliphatic carbocycles. The number of para-hydroxylation sites is 1. The molecule has 1 N–H and O–H groups in total. The van der Waals surface area contributed by atoms with Gasteiger partial charge in [-0.25, -0.2) is 0 Å². The van der Waals surface area contributed by atoms with Gasteiger partial charge in [0, 0.05) is 10.7 Å². The molecule has 5 heteroatoms. The molecule has 0 radical (unpaired) electrons. The average molecular weight is 327 g/mol. The molecule has 0 aliphatic heterocycles. The summed E-state index contributed by atoms with van der Waals surface area (Å²) in [4.78, 5) is 24.6. The molecule has 0 saturated heterocycles. The molecular weight excluding hydrogens is 312 g/mol. The molecule has 2 aromatic carbocycles. The maximum absolute atomic E-state index is 12.4. The lowest BCUT2D eigenvalue weighted by molar-refractivity contribution is -0.135. The Bertz CT molecular complexity index is 789. The highest BCUT2D eigenvalue weighted by Crippen LogP contribution is 2.26. The van der Waals surface area contributed by atoms with E-state index in [2.05, 4.69) is 5.32 Å². The van der Waals surface area contributed by atoms with Crippen LogP contribution in [0.4, 0.5) is 5.69 Å². The fraction of sp³-hybridized carbons (Fsp3) is 0.167. The molecule has 4 nitrogen and oxygen atoms in total. The molecule has 1 atom stereocenters. The maximum Gasteiger partial charge on any atom is 0.293 e. The van der Waals surface area contributed by atoms with Crippen molar-refractivity contribution in [3.8, 4) is 6.07 Å². The van der Waals surface area contributed by atoms with Gasteiger partial charge in [0.2, 0.25) is 5.78 Å². The third-order valence-corrected chi connectivity index (χ3v) is 3.90. The highest BCUT2D eigenvalue weighted by Gasteiger charge is 2.28. The van der Waals surface area contributed by atoms with Gasteiger partial charge in [0.05, 0.1) is 6.07 Å². The summed E-state index contributed by atoms with van der Waals surface area (Å²) in [6.07, 6.45) is 0. The van der Waals surface area contributed by atoms with Crippen molar-refractivity contribution >= 4 is 29.0 Å². The fourth-order valence-corrected chi connectivity index (χ4v) is 2.54. The highest BCUT2D eigenvalue weighted by atomic mass is 35.5. The number of aryl methyl sites for hydroxylation is 2. The fourth-order valence-electron chi connectivity index (χ4n) is 2.30. The number of hydrogen-bond acceptors (Lipinski definition) is 3. The van der Waals surface area contributed by atoms with Gasteiger partial charge in [-0.1, -0.05) is 48.0 Å². The Balaban J connectivity index is 2.27. The molecule has 0 aliphatic rings. The summed E-state index contributed by atoms with van der Waals surface area (Å²) in [6.45, 7) is 3.67. The Hall–Kier alpha value is -2.64. The first-order valence-corrected chi connectivity index (χ1v) is 7.39. The van der Waals surface area contributed by atoms with Crippen LogP contribution in [0.15, 0.2) is 42.5 Å². The van der Waals surface area contributed by atoms with Crippen LogP contribution in [0, 0.1) is 25.2 Å². The topological polar surface area (TPSA) is 70.0 Å². The van der Waals surface area contributed by atoms with Crippen LogP contribution in [-0.2, 0) is 9.59 Å². The van der Waals surface area contributed by atoms with Crippen LogP contribution < -0.4 is 5.32 Å². The molecule has 0 bridgehead atoms. The first-order chi connectivity index (χ1) is 11.0. The zero-order chi connectivity index (χ0) is 17.0. The maximum atomic E-state index is 12.4. The van der Waals surface area contributed by atoms with E-state index in [-0.39, 0.29) is 5.02 Å². The largest absolute Gasteiger partial charge is 0.319 e. The summed E-state index contributed by atoms with van der Waals surface area (Å²) in [6, 6.07) is 13.9. The van der Waals surface area contributed by atoms with E-state index >= 15 is 0 Å². The zero-order valence-corrected chi connectivity index (χ0v) is 13.5. The number of amides is 1. The number of rotatable bonds is 4. The number of anilines is 1. The number of Topliss-reactive ketones (excluding diaryl/α,β-unsaturated/α-hetero) is 1. The van der Waals surface area contributed by atoms with Gasteiger partial charge >= 0.3 is 0 Å². The molecule has 2 rings (SSSR count). The SMILES string of the molecule is Cc1cccc(C)c1NC(=O)C(=O)[C@@H](C#N)c1ccccc1Cl. The van der Waals surface area contributed by atoms with E-state index in [1.54, 1.807) is 24.3 Å². The molecule has 23 heavy (non-hydrogen) atoms. The van der Waals surface area contributed by atoms with Crippen LogP contribution in [0.1, 0.15) is 22.6 Å². The molecule has 0 unspecified atom stereocenters. The predicted octanol–water partition coefficient (Wildman–Crippen LogP) is 3.77. The summed E-state index contributed by atoms with van der Waals surface area (Å²) in [5.74, 6) is -2.88. The lowest BCUT2D eigenvalue weighted by atomic mass is 9.95. The van der Waals surface area contributed by atoms with Crippen molar-refractivity contribution in [2.45, 2.75) is 19.8 Å². The molecule has 0 spiro atoms. The smallest absolute Gasteiger partial charge is 0.293 e. The van der Waals surface area contributed by atoms with Crippen LogP contribution in [0.3, 0.4) is 0 Å². The molecule has 2 aromatic rings. The number of ketones is 1. The molecular formula is C18H15ClN2O2. The number of nitrogens with one attached hydrogen (secondary N) is 1. The molecule has 1 amide bonds. The first kappa shape index (κ1) is 16.7. The molecule has 0 fully saturated rings. The number of benzene rings is 2. The Morgan fingerprint density at radius 2 is 1.70 bits per heavy atom. The Morgan fingerprint density at radius 3 is 2.26 bits per heavy atom. The Kier molecular flexibility index (Phi) is 5.15. The van der Waals surface area contributed by atoms with Gasteiger partial charge in [0.25, 0.3) is 5.91 Å². The second kappa shape index (κ2) is 7.08. The number of carbonyl (C=O) groups excluding carboxylic acids is 2. The van der Waals surface area contributed by atoms with Gasteiger partial charge in [-0.05, 0) is 36.6 Å². The normalized spacial score (nSPS) is 11.4. The second-order valence-corrected chi connectivity index (χ2v) is 5.58. The standard InChI is InChI=1S/C18H15ClN2O2/c1-11-6-5-7-12(2)16(11)21-18(23)17(22)14(10-20)13-8-3-4-9-15(13)19/h3-9,14H,1-2H3,(H,21,23)/t14-/m0/s1. The van der Waals surface area contributed by atoms with E-state index in [1.165, 1.54) is 0 Å². The van der Waals surface area contributed by atoms with Gasteiger partial charge in [0.1, 0.15) is 5.92 Å². The minimum atomic E-state index is -1.23. The van der Waals surface area contributed by atoms with E-state index in [9.17, 15) is 14.9 Å². The molecule has 0 aromatic heterocycles. The Labute approximate surface area is 139 Å². The number of halogens is 1. The number of nitrogens with zero attached hydrogens (tertiary/aromatic N) is 1. The van der Waals surface area contributed by atoms with E-state index in [0.717, 1.165) is 11.1 Å². The summed E-state index contributed by atoms with van der Waals surface area (Å²) in [5, 5.41) is 12.2. The van der Waals surface area contributed by atoms with Crippen molar-refractivity contribution in [1.82, 2.24) is 0 Å². The lowest BCUT2D eigenvalue weighted by Crippen LogP contribution is -2.28. The number of carbonyl (C=O) groups is 2. The third-order valence-electron chi connectivity index (χ3n) is 3.55. The monoisotopic (exact) mass is 326 g/mol. The van der Waals surface area contributed by atoms with Crippen molar-refractivity contribution in [3.05, 3.63) is 64.2 Å². The number of hydrogen-bond donors (Lipinski definition) is 1. The van der Waals surface area contributed by atoms with E-state index in [4.69, 9.17) is 11.6 Å². The Morgan fingerprint density at radius 1 is 1.09 bits per heavy atom. The van der Waals surface area contributed by atoms with E-state index < -0.39 is 17.6 Å². The summed E-state index contributed by atoms with van der Waals surface area (Å²) in [7, 11) is 0. The van der Waals surface area contributed by atoms with Gasteiger partial charge in [-0.15, -0.1) is 0 Å². The highest BCUT2D eigenvalue weighted by molar-refractivity contribution is 6.43. The quantitative estimate of drug-likeness (QED) is 0.869. The van der Waals surface area contributed by atoms with Crippen molar-refractivity contribution in [2.75, 3.05) is 5.32 Å².